The summed E-state index contributed by atoms with van der Waals surface area (Å²) in [4.78, 5) is 0. The van der Waals surface area contributed by atoms with E-state index in [1.807, 2.05) is 0 Å². The van der Waals surface area contributed by atoms with Crippen molar-refractivity contribution in [2.75, 3.05) is 0 Å². The summed E-state index contributed by atoms with van der Waals surface area (Å²) in [7, 11) is 0. The average molecular weight is 229 g/mol. The van der Waals surface area contributed by atoms with E-state index in [4.69, 9.17) is 12.2 Å². The van der Waals surface area contributed by atoms with Crippen LogP contribution in [0.1, 0.15) is 43.0 Å². The van der Waals surface area contributed by atoms with Crippen LogP contribution in [0.5, 0.6) is 0 Å². The summed E-state index contributed by atoms with van der Waals surface area (Å²) < 4.78 is 0. The zero-order chi connectivity index (χ0) is 13.2. The van der Waals surface area contributed by atoms with Gasteiger partial charge in [0.2, 0.25) is 0 Å². The predicted molar refractivity (Wildman–Crippen MR) is 75.1 cm³/mol. The Morgan fingerprint density at radius 2 is 1.71 bits per heavy atom. The topological polar surface area (TPSA) is 26.0 Å². The number of hydrogen-bond donors (Lipinski definition) is 1. The van der Waals surface area contributed by atoms with Gasteiger partial charge in [0.15, 0.2) is 0 Å². The van der Waals surface area contributed by atoms with Gasteiger partial charge in [0.05, 0.1) is 6.04 Å². The Kier molecular flexibility index (Phi) is 4.01. The molecule has 92 valence electrons. The first-order chi connectivity index (χ1) is 7.75. The Hall–Kier alpha value is -1.26. The van der Waals surface area contributed by atoms with E-state index in [0.29, 0.717) is 0 Å². The Labute approximate surface area is 105 Å². The van der Waals surface area contributed by atoms with Crippen LogP contribution in [0.4, 0.5) is 0 Å². The monoisotopic (exact) mass is 229 g/mol. The molecule has 1 heteroatoms. The fourth-order valence-electron chi connectivity index (χ4n) is 2.03. The van der Waals surface area contributed by atoms with Gasteiger partial charge < -0.3 is 5.73 Å². The molecule has 0 radical (unpaired) electrons. The molecule has 0 aromatic heterocycles. The van der Waals surface area contributed by atoms with E-state index in [1.165, 1.54) is 22.3 Å². The van der Waals surface area contributed by atoms with E-state index in [2.05, 4.69) is 52.7 Å². The van der Waals surface area contributed by atoms with Crippen molar-refractivity contribution in [2.24, 2.45) is 5.73 Å². The van der Waals surface area contributed by atoms with E-state index >= 15 is 0 Å². The van der Waals surface area contributed by atoms with Crippen molar-refractivity contribution in [1.82, 2.24) is 0 Å². The van der Waals surface area contributed by atoms with Gasteiger partial charge in [-0.2, -0.15) is 0 Å². The van der Waals surface area contributed by atoms with Gasteiger partial charge in [0, 0.05) is 0 Å². The molecule has 0 fully saturated rings. The maximum absolute atomic E-state index is 5.83. The third-order valence-electron chi connectivity index (χ3n) is 3.20. The first kappa shape index (κ1) is 13.8. The molecule has 0 amide bonds. The Morgan fingerprint density at radius 1 is 1.24 bits per heavy atom. The summed E-state index contributed by atoms with van der Waals surface area (Å²) in [5, 5.41) is 0. The molecule has 1 nitrogen and oxygen atoms in total. The van der Waals surface area contributed by atoms with Gasteiger partial charge in [-0.15, -0.1) is 6.42 Å². The molecule has 0 heterocycles. The molecule has 1 unspecified atom stereocenters. The minimum atomic E-state index is -0.187. The highest BCUT2D eigenvalue weighted by atomic mass is 14.6. The summed E-state index contributed by atoms with van der Waals surface area (Å²) in [6, 6.07) is 4.32. The molecule has 2 N–H and O–H groups in total. The van der Waals surface area contributed by atoms with Gasteiger partial charge in [0.25, 0.3) is 0 Å². The fraction of sp³-hybridized carbons (Fsp3) is 0.500. The number of nitrogens with two attached hydrogens (primary N) is 1. The SMILES string of the molecule is C#CC(N)Cc1c(C)cc(C(C)(C)C)cc1C. The van der Waals surface area contributed by atoms with E-state index in [1.54, 1.807) is 0 Å². The number of benzene rings is 1. The molecular weight excluding hydrogens is 206 g/mol. The zero-order valence-corrected chi connectivity index (χ0v) is 11.6. The van der Waals surface area contributed by atoms with Crippen molar-refractivity contribution in [3.8, 4) is 12.3 Å². The Bertz CT molecular complexity index is 421. The van der Waals surface area contributed by atoms with Crippen LogP contribution in [0.25, 0.3) is 0 Å². The van der Waals surface area contributed by atoms with Crippen LogP contribution >= 0.6 is 0 Å². The second-order valence-electron chi connectivity index (χ2n) is 5.82. The maximum atomic E-state index is 5.83. The summed E-state index contributed by atoms with van der Waals surface area (Å²) in [6.45, 7) is 11.0. The van der Waals surface area contributed by atoms with Crippen LogP contribution in [0.2, 0.25) is 0 Å². The van der Waals surface area contributed by atoms with Crippen molar-refractivity contribution >= 4 is 0 Å². The highest BCUT2D eigenvalue weighted by Crippen LogP contribution is 2.27. The van der Waals surface area contributed by atoms with E-state index in [9.17, 15) is 0 Å². The third kappa shape index (κ3) is 3.35. The summed E-state index contributed by atoms with van der Waals surface area (Å²) in [5.41, 5.74) is 11.3. The van der Waals surface area contributed by atoms with Crippen molar-refractivity contribution < 1.29 is 0 Å². The normalized spacial score (nSPS) is 13.2. The maximum Gasteiger partial charge on any atom is 0.0702 e. The molecule has 1 aromatic carbocycles. The van der Waals surface area contributed by atoms with Crippen LogP contribution in [0.15, 0.2) is 12.1 Å². The molecule has 17 heavy (non-hydrogen) atoms. The zero-order valence-electron chi connectivity index (χ0n) is 11.6. The molecule has 1 atom stereocenters. The van der Waals surface area contributed by atoms with Crippen molar-refractivity contribution in [3.63, 3.8) is 0 Å². The smallest absolute Gasteiger partial charge is 0.0702 e. The van der Waals surface area contributed by atoms with E-state index < -0.39 is 0 Å². The molecule has 0 saturated carbocycles. The minimum absolute atomic E-state index is 0.183. The minimum Gasteiger partial charge on any atom is -0.317 e. The molecule has 1 aromatic rings. The average Bonchev–Trinajstić information content (AvgIpc) is 2.21. The summed E-state index contributed by atoms with van der Waals surface area (Å²) >= 11 is 0. The Balaban J connectivity index is 3.17. The lowest BCUT2D eigenvalue weighted by molar-refractivity contribution is 0.588. The summed E-state index contributed by atoms with van der Waals surface area (Å²) in [6.07, 6.45) is 6.11. The number of rotatable bonds is 2. The van der Waals surface area contributed by atoms with Crippen LogP contribution < -0.4 is 5.73 Å². The third-order valence-corrected chi connectivity index (χ3v) is 3.20. The number of hydrogen-bond acceptors (Lipinski definition) is 1. The highest BCUT2D eigenvalue weighted by Gasteiger charge is 2.16. The van der Waals surface area contributed by atoms with Gasteiger partial charge in [0.1, 0.15) is 0 Å². The number of terminal acetylenes is 1. The van der Waals surface area contributed by atoms with Crippen LogP contribution in [0, 0.1) is 26.2 Å². The van der Waals surface area contributed by atoms with Gasteiger partial charge in [-0.1, -0.05) is 38.8 Å². The Morgan fingerprint density at radius 3 is 2.06 bits per heavy atom. The van der Waals surface area contributed by atoms with Crippen molar-refractivity contribution in [2.45, 2.75) is 52.5 Å². The molecule has 0 spiro atoms. The molecular formula is C16H23N. The van der Waals surface area contributed by atoms with Crippen LogP contribution in [-0.4, -0.2) is 6.04 Å². The molecule has 0 aliphatic carbocycles. The lowest BCUT2D eigenvalue weighted by atomic mass is 9.83. The van der Waals surface area contributed by atoms with E-state index in [-0.39, 0.29) is 11.5 Å². The van der Waals surface area contributed by atoms with Gasteiger partial charge >= 0.3 is 0 Å². The van der Waals surface area contributed by atoms with Gasteiger partial charge in [-0.3, -0.25) is 0 Å². The van der Waals surface area contributed by atoms with Crippen LogP contribution in [-0.2, 0) is 11.8 Å². The van der Waals surface area contributed by atoms with E-state index in [0.717, 1.165) is 6.42 Å². The number of aryl methyl sites for hydroxylation is 2. The van der Waals surface area contributed by atoms with Crippen LogP contribution in [0.3, 0.4) is 0 Å². The lowest BCUT2D eigenvalue weighted by Gasteiger charge is -2.22. The molecule has 0 aliphatic heterocycles. The van der Waals surface area contributed by atoms with Crippen molar-refractivity contribution in [3.05, 3.63) is 34.4 Å². The highest BCUT2D eigenvalue weighted by molar-refractivity contribution is 5.41. The molecule has 0 aliphatic rings. The fourth-order valence-corrected chi connectivity index (χ4v) is 2.03. The molecule has 1 rings (SSSR count). The second kappa shape index (κ2) is 4.94. The molecule has 0 bridgehead atoms. The molecule has 0 saturated heterocycles. The summed E-state index contributed by atoms with van der Waals surface area (Å²) in [5.74, 6) is 2.59. The first-order valence-electron chi connectivity index (χ1n) is 6.08. The predicted octanol–water partition coefficient (Wildman–Crippen LogP) is 3.10. The van der Waals surface area contributed by atoms with Crippen molar-refractivity contribution in [1.29, 1.82) is 0 Å². The first-order valence-corrected chi connectivity index (χ1v) is 6.08. The van der Waals surface area contributed by atoms with Gasteiger partial charge in [-0.05, 0) is 47.9 Å². The second-order valence-corrected chi connectivity index (χ2v) is 5.82. The van der Waals surface area contributed by atoms with Gasteiger partial charge in [-0.25, -0.2) is 0 Å². The lowest BCUT2D eigenvalue weighted by Crippen LogP contribution is -2.22. The quantitative estimate of drug-likeness (QED) is 0.775. The largest absolute Gasteiger partial charge is 0.317 e. The standard InChI is InChI=1S/C16H23N/c1-7-14(17)10-15-11(2)8-13(9-12(15)3)16(4,5)6/h1,8-9,14H,10,17H2,2-6H3.